The maximum atomic E-state index is 5.52. The van der Waals surface area contributed by atoms with Crippen molar-refractivity contribution < 1.29 is 0 Å². The molecule has 0 aliphatic rings. The highest BCUT2D eigenvalue weighted by atomic mass is 32.2. The number of thioether (sulfide) groups is 1. The fraction of sp³-hybridized carbons (Fsp3) is 0.500. The largest absolute Gasteiger partial charge is 0.368 e. The maximum absolute atomic E-state index is 5.52. The van der Waals surface area contributed by atoms with Gasteiger partial charge >= 0.3 is 0 Å². The van der Waals surface area contributed by atoms with Gasteiger partial charge in [-0.1, -0.05) is 6.92 Å². The lowest BCUT2D eigenvalue weighted by atomic mass is 10.3. The number of nitrogens with zero attached hydrogens (tertiary/aromatic N) is 2. The zero-order valence-corrected chi connectivity index (χ0v) is 8.40. The van der Waals surface area contributed by atoms with Crippen molar-refractivity contribution in [2.24, 2.45) is 0 Å². The average molecular weight is 183 g/mol. The second-order valence-corrected chi connectivity index (χ2v) is 3.78. The molecule has 0 spiro atoms. The quantitative estimate of drug-likeness (QED) is 0.561. The first-order valence-corrected chi connectivity index (χ1v) is 4.87. The Morgan fingerprint density at radius 2 is 2.00 bits per heavy atom. The van der Waals surface area contributed by atoms with Gasteiger partial charge in [0.15, 0.2) is 0 Å². The molecule has 0 atom stereocenters. The molecule has 0 fully saturated rings. The molecule has 0 amide bonds. The number of anilines is 1. The van der Waals surface area contributed by atoms with Crippen LogP contribution in [0.4, 0.5) is 5.95 Å². The van der Waals surface area contributed by atoms with E-state index in [9.17, 15) is 0 Å². The number of nitrogens with two attached hydrogens (primary N) is 1. The van der Waals surface area contributed by atoms with E-state index in [1.165, 1.54) is 0 Å². The molecule has 1 heterocycles. The van der Waals surface area contributed by atoms with Gasteiger partial charge in [-0.15, -0.1) is 11.8 Å². The van der Waals surface area contributed by atoms with E-state index in [4.69, 9.17) is 5.73 Å². The van der Waals surface area contributed by atoms with E-state index in [1.54, 1.807) is 11.8 Å². The third-order valence-corrected chi connectivity index (χ3v) is 2.60. The smallest absolute Gasteiger partial charge is 0.221 e. The fourth-order valence-electron chi connectivity index (χ4n) is 0.901. The van der Waals surface area contributed by atoms with Crippen LogP contribution in [0.1, 0.15) is 18.2 Å². The van der Waals surface area contributed by atoms with Crippen LogP contribution in [0, 0.1) is 13.8 Å². The van der Waals surface area contributed by atoms with E-state index in [0.29, 0.717) is 5.95 Å². The van der Waals surface area contributed by atoms with Crippen molar-refractivity contribution >= 4 is 17.7 Å². The molecule has 0 aliphatic heterocycles. The molecule has 0 unspecified atom stereocenters. The van der Waals surface area contributed by atoms with Gasteiger partial charge in [0.1, 0.15) is 5.03 Å². The number of nitrogen functional groups attached to an aromatic ring is 1. The molecule has 0 saturated heterocycles. The second kappa shape index (κ2) is 3.76. The minimum absolute atomic E-state index is 0.369. The van der Waals surface area contributed by atoms with Gasteiger partial charge in [-0.25, -0.2) is 9.97 Å². The Bertz CT molecular complexity index is 286. The number of aromatic nitrogens is 2. The van der Waals surface area contributed by atoms with Crippen LogP contribution >= 0.6 is 11.8 Å². The Morgan fingerprint density at radius 1 is 1.33 bits per heavy atom. The monoisotopic (exact) mass is 183 g/mol. The van der Waals surface area contributed by atoms with Gasteiger partial charge < -0.3 is 5.73 Å². The van der Waals surface area contributed by atoms with Crippen molar-refractivity contribution in [3.63, 3.8) is 0 Å². The first-order valence-electron chi connectivity index (χ1n) is 3.88. The molecule has 0 radical (unpaired) electrons. The van der Waals surface area contributed by atoms with Gasteiger partial charge in [0.2, 0.25) is 5.95 Å². The number of rotatable bonds is 2. The van der Waals surface area contributed by atoms with Crippen LogP contribution in [0.25, 0.3) is 0 Å². The highest BCUT2D eigenvalue weighted by Gasteiger charge is 2.04. The normalized spacial score (nSPS) is 10.2. The lowest BCUT2D eigenvalue weighted by Crippen LogP contribution is -2.01. The predicted molar refractivity (Wildman–Crippen MR) is 52.3 cm³/mol. The van der Waals surface area contributed by atoms with Crippen LogP contribution < -0.4 is 5.73 Å². The van der Waals surface area contributed by atoms with Gasteiger partial charge in [0.25, 0.3) is 0 Å². The molecule has 1 rings (SSSR count). The van der Waals surface area contributed by atoms with Gasteiger partial charge in [-0.2, -0.15) is 0 Å². The molecule has 66 valence electrons. The lowest BCUT2D eigenvalue weighted by Gasteiger charge is -2.05. The second-order valence-electron chi connectivity index (χ2n) is 2.53. The van der Waals surface area contributed by atoms with Crippen molar-refractivity contribution in [1.29, 1.82) is 0 Å². The maximum Gasteiger partial charge on any atom is 0.221 e. The summed E-state index contributed by atoms with van der Waals surface area (Å²) in [5.74, 6) is 1.38. The first kappa shape index (κ1) is 9.32. The van der Waals surface area contributed by atoms with Crippen LogP contribution in [-0.4, -0.2) is 15.7 Å². The molecule has 4 heteroatoms. The van der Waals surface area contributed by atoms with Crippen LogP contribution in [0.5, 0.6) is 0 Å². The summed E-state index contributed by atoms with van der Waals surface area (Å²) in [6, 6.07) is 0. The van der Waals surface area contributed by atoms with E-state index >= 15 is 0 Å². The number of hydrogen-bond acceptors (Lipinski definition) is 4. The molecule has 1 aromatic rings. The zero-order chi connectivity index (χ0) is 9.14. The molecular formula is C8H13N3S. The topological polar surface area (TPSA) is 51.8 Å². The summed E-state index contributed by atoms with van der Waals surface area (Å²) in [5, 5.41) is 1.00. The van der Waals surface area contributed by atoms with Gasteiger partial charge in [0.05, 0.1) is 0 Å². The van der Waals surface area contributed by atoms with Crippen molar-refractivity contribution in [2.45, 2.75) is 25.8 Å². The summed E-state index contributed by atoms with van der Waals surface area (Å²) in [6.07, 6.45) is 0. The van der Waals surface area contributed by atoms with Gasteiger partial charge in [-0.05, 0) is 19.6 Å². The third kappa shape index (κ3) is 1.88. The SMILES string of the molecule is CCSc1nc(N)nc(C)c1C. The van der Waals surface area contributed by atoms with Gasteiger partial charge in [-0.3, -0.25) is 0 Å². The van der Waals surface area contributed by atoms with Crippen LogP contribution in [0.15, 0.2) is 5.03 Å². The zero-order valence-electron chi connectivity index (χ0n) is 7.59. The highest BCUT2D eigenvalue weighted by Crippen LogP contribution is 2.21. The van der Waals surface area contributed by atoms with Crippen LogP contribution in [0.2, 0.25) is 0 Å². The van der Waals surface area contributed by atoms with E-state index in [0.717, 1.165) is 22.0 Å². The van der Waals surface area contributed by atoms with E-state index in [-0.39, 0.29) is 0 Å². The molecular weight excluding hydrogens is 170 g/mol. The summed E-state index contributed by atoms with van der Waals surface area (Å²) in [7, 11) is 0. The molecule has 3 nitrogen and oxygen atoms in total. The Labute approximate surface area is 76.8 Å². The molecule has 0 bridgehead atoms. The van der Waals surface area contributed by atoms with E-state index in [1.807, 2.05) is 13.8 Å². The molecule has 12 heavy (non-hydrogen) atoms. The lowest BCUT2D eigenvalue weighted by molar-refractivity contribution is 0.978. The molecule has 2 N–H and O–H groups in total. The van der Waals surface area contributed by atoms with Crippen LogP contribution in [-0.2, 0) is 0 Å². The fourth-order valence-corrected chi connectivity index (χ4v) is 1.70. The molecule has 0 saturated carbocycles. The Kier molecular flexibility index (Phi) is 2.92. The summed E-state index contributed by atoms with van der Waals surface area (Å²) < 4.78 is 0. The van der Waals surface area contributed by atoms with Gasteiger partial charge in [0, 0.05) is 11.3 Å². The van der Waals surface area contributed by atoms with Crippen molar-refractivity contribution in [2.75, 3.05) is 11.5 Å². The van der Waals surface area contributed by atoms with Crippen LogP contribution in [0.3, 0.4) is 0 Å². The summed E-state index contributed by atoms with van der Waals surface area (Å²) in [4.78, 5) is 8.22. The number of aryl methyl sites for hydroxylation is 1. The number of hydrogen-bond donors (Lipinski definition) is 1. The average Bonchev–Trinajstić information content (AvgIpc) is 2.00. The first-order chi connectivity index (χ1) is 5.65. The van der Waals surface area contributed by atoms with E-state index in [2.05, 4.69) is 16.9 Å². The molecule has 1 aromatic heterocycles. The van der Waals surface area contributed by atoms with Crippen molar-refractivity contribution in [3.8, 4) is 0 Å². The summed E-state index contributed by atoms with van der Waals surface area (Å²) in [6.45, 7) is 6.07. The molecule has 0 aromatic carbocycles. The standard InChI is InChI=1S/C8H13N3S/c1-4-12-7-5(2)6(3)10-8(9)11-7/h4H2,1-3H3,(H2,9,10,11). The third-order valence-electron chi connectivity index (χ3n) is 1.64. The summed E-state index contributed by atoms with van der Waals surface area (Å²) >= 11 is 1.70. The summed E-state index contributed by atoms with van der Waals surface area (Å²) in [5.41, 5.74) is 7.63. The van der Waals surface area contributed by atoms with E-state index < -0.39 is 0 Å². The minimum Gasteiger partial charge on any atom is -0.368 e. The Hall–Kier alpha value is -0.770. The molecule has 0 aliphatic carbocycles. The predicted octanol–water partition coefficient (Wildman–Crippen LogP) is 1.79. The minimum atomic E-state index is 0.369. The highest BCUT2D eigenvalue weighted by molar-refractivity contribution is 7.99. The van der Waals surface area contributed by atoms with Crippen molar-refractivity contribution in [3.05, 3.63) is 11.3 Å². The Balaban J connectivity index is 3.09. The van der Waals surface area contributed by atoms with Crippen molar-refractivity contribution in [1.82, 2.24) is 9.97 Å². The Morgan fingerprint density at radius 3 is 2.58 bits per heavy atom.